The average molecular weight is 158 g/mol. The second kappa shape index (κ2) is 6.62. The van der Waals surface area contributed by atoms with Crippen LogP contribution >= 0.6 is 0 Å². The molecule has 0 aliphatic carbocycles. The van der Waals surface area contributed by atoms with Crippen molar-refractivity contribution in [3.05, 3.63) is 0 Å². The van der Waals surface area contributed by atoms with E-state index in [9.17, 15) is 0 Å². The van der Waals surface area contributed by atoms with E-state index in [4.69, 9.17) is 5.73 Å². The lowest BCUT2D eigenvalue weighted by atomic mass is 9.97. The van der Waals surface area contributed by atoms with Crippen LogP contribution in [0.1, 0.15) is 27.2 Å². The molecule has 11 heavy (non-hydrogen) atoms. The van der Waals surface area contributed by atoms with E-state index >= 15 is 0 Å². The van der Waals surface area contributed by atoms with E-state index in [0.717, 1.165) is 25.6 Å². The molecule has 0 fully saturated rings. The van der Waals surface area contributed by atoms with Crippen LogP contribution in [0.15, 0.2) is 0 Å². The number of nitrogens with two attached hydrogens (primary N) is 1. The molecule has 0 aliphatic heterocycles. The molecule has 2 heteroatoms. The van der Waals surface area contributed by atoms with E-state index in [0.29, 0.717) is 5.92 Å². The summed E-state index contributed by atoms with van der Waals surface area (Å²) in [6, 6.07) is 0. The maximum absolute atomic E-state index is 5.62. The molecule has 3 N–H and O–H groups in total. The third kappa shape index (κ3) is 6.32. The Morgan fingerprint density at radius 3 is 2.36 bits per heavy atom. The summed E-state index contributed by atoms with van der Waals surface area (Å²) in [5.74, 6) is 1.43. The molecule has 0 bridgehead atoms. The molecule has 0 rings (SSSR count). The molecule has 2 nitrogen and oxygen atoms in total. The van der Waals surface area contributed by atoms with Gasteiger partial charge in [0.15, 0.2) is 0 Å². The smallest absolute Gasteiger partial charge is 0.000848 e. The van der Waals surface area contributed by atoms with Gasteiger partial charge in [-0.25, -0.2) is 0 Å². The van der Waals surface area contributed by atoms with Crippen LogP contribution < -0.4 is 11.1 Å². The van der Waals surface area contributed by atoms with E-state index < -0.39 is 0 Å². The summed E-state index contributed by atoms with van der Waals surface area (Å²) in [5, 5.41) is 3.32. The van der Waals surface area contributed by atoms with Gasteiger partial charge in [0.05, 0.1) is 0 Å². The Morgan fingerprint density at radius 1 is 1.36 bits per heavy atom. The molecule has 0 aromatic heterocycles. The average Bonchev–Trinajstić information content (AvgIpc) is 1.97. The fourth-order valence-electron chi connectivity index (χ4n) is 1.28. The predicted molar refractivity (Wildman–Crippen MR) is 50.5 cm³/mol. The van der Waals surface area contributed by atoms with Crippen LogP contribution in [0.2, 0.25) is 0 Å². The Morgan fingerprint density at radius 2 is 2.00 bits per heavy atom. The van der Waals surface area contributed by atoms with E-state index in [2.05, 4.69) is 26.1 Å². The predicted octanol–water partition coefficient (Wildman–Crippen LogP) is 1.22. The number of hydrogen-bond donors (Lipinski definition) is 2. The lowest BCUT2D eigenvalue weighted by Crippen LogP contribution is -2.29. The molecule has 0 aliphatic rings. The van der Waals surface area contributed by atoms with E-state index in [1.165, 1.54) is 6.42 Å². The standard InChI is InChI=1S/C9H22N2/c1-4-11-7-9(6-10)5-8(2)3/h8-9,11H,4-7,10H2,1-3H3. The van der Waals surface area contributed by atoms with Crippen LogP contribution in [-0.4, -0.2) is 19.6 Å². The minimum atomic E-state index is 0.662. The summed E-state index contributed by atoms with van der Waals surface area (Å²) in [5.41, 5.74) is 5.62. The van der Waals surface area contributed by atoms with Gasteiger partial charge in [0.2, 0.25) is 0 Å². The van der Waals surface area contributed by atoms with Crippen molar-refractivity contribution in [3.8, 4) is 0 Å². The zero-order valence-electron chi connectivity index (χ0n) is 8.06. The van der Waals surface area contributed by atoms with Gasteiger partial charge in [0.25, 0.3) is 0 Å². The highest BCUT2D eigenvalue weighted by Crippen LogP contribution is 2.08. The van der Waals surface area contributed by atoms with Crippen molar-refractivity contribution in [2.75, 3.05) is 19.6 Å². The lowest BCUT2D eigenvalue weighted by molar-refractivity contribution is 0.398. The Balaban J connectivity index is 3.41. The SMILES string of the molecule is CCNCC(CN)CC(C)C. The van der Waals surface area contributed by atoms with Gasteiger partial charge in [0.1, 0.15) is 0 Å². The highest BCUT2D eigenvalue weighted by atomic mass is 14.9. The molecule has 0 aromatic carbocycles. The van der Waals surface area contributed by atoms with Crippen molar-refractivity contribution in [1.82, 2.24) is 5.32 Å². The Kier molecular flexibility index (Phi) is 6.57. The highest BCUT2D eigenvalue weighted by molar-refractivity contribution is 4.64. The first-order valence-corrected chi connectivity index (χ1v) is 4.61. The largest absolute Gasteiger partial charge is 0.330 e. The van der Waals surface area contributed by atoms with Crippen molar-refractivity contribution in [1.29, 1.82) is 0 Å². The topological polar surface area (TPSA) is 38.0 Å². The van der Waals surface area contributed by atoms with Gasteiger partial charge in [-0.1, -0.05) is 20.8 Å². The summed E-state index contributed by atoms with van der Waals surface area (Å²) in [6.45, 7) is 9.55. The van der Waals surface area contributed by atoms with Crippen LogP contribution in [0, 0.1) is 11.8 Å². The van der Waals surface area contributed by atoms with Gasteiger partial charge in [-0.3, -0.25) is 0 Å². The Bertz CT molecular complexity index is 81.6. The van der Waals surface area contributed by atoms with Crippen molar-refractivity contribution < 1.29 is 0 Å². The molecule has 0 aromatic rings. The third-order valence-corrected chi connectivity index (χ3v) is 1.82. The highest BCUT2D eigenvalue weighted by Gasteiger charge is 2.07. The normalized spacial score (nSPS) is 13.9. The zero-order chi connectivity index (χ0) is 8.69. The maximum Gasteiger partial charge on any atom is -0.000848 e. The summed E-state index contributed by atoms with van der Waals surface area (Å²) >= 11 is 0. The van der Waals surface area contributed by atoms with Gasteiger partial charge in [-0.15, -0.1) is 0 Å². The molecule has 0 radical (unpaired) electrons. The first-order valence-electron chi connectivity index (χ1n) is 4.61. The minimum absolute atomic E-state index is 0.662. The first kappa shape index (κ1) is 10.9. The van der Waals surface area contributed by atoms with Crippen molar-refractivity contribution in [2.45, 2.75) is 27.2 Å². The van der Waals surface area contributed by atoms with Crippen molar-refractivity contribution >= 4 is 0 Å². The lowest BCUT2D eigenvalue weighted by Gasteiger charge is -2.16. The summed E-state index contributed by atoms with van der Waals surface area (Å²) in [6.07, 6.45) is 1.24. The summed E-state index contributed by atoms with van der Waals surface area (Å²) in [7, 11) is 0. The Hall–Kier alpha value is -0.0800. The third-order valence-electron chi connectivity index (χ3n) is 1.82. The van der Waals surface area contributed by atoms with Crippen molar-refractivity contribution in [2.24, 2.45) is 17.6 Å². The fourth-order valence-corrected chi connectivity index (χ4v) is 1.28. The number of hydrogen-bond acceptors (Lipinski definition) is 2. The molecule has 0 saturated carbocycles. The van der Waals surface area contributed by atoms with Crippen LogP contribution in [0.25, 0.3) is 0 Å². The maximum atomic E-state index is 5.62. The van der Waals surface area contributed by atoms with Gasteiger partial charge in [-0.2, -0.15) is 0 Å². The minimum Gasteiger partial charge on any atom is -0.330 e. The van der Waals surface area contributed by atoms with Crippen LogP contribution in [-0.2, 0) is 0 Å². The van der Waals surface area contributed by atoms with Gasteiger partial charge < -0.3 is 11.1 Å². The van der Waals surface area contributed by atoms with E-state index in [-0.39, 0.29) is 0 Å². The van der Waals surface area contributed by atoms with E-state index in [1.54, 1.807) is 0 Å². The molecule has 1 unspecified atom stereocenters. The van der Waals surface area contributed by atoms with Crippen LogP contribution in [0.5, 0.6) is 0 Å². The zero-order valence-corrected chi connectivity index (χ0v) is 8.06. The van der Waals surface area contributed by atoms with Crippen LogP contribution in [0.3, 0.4) is 0 Å². The second-order valence-corrected chi connectivity index (χ2v) is 3.54. The summed E-state index contributed by atoms with van der Waals surface area (Å²) < 4.78 is 0. The van der Waals surface area contributed by atoms with Crippen molar-refractivity contribution in [3.63, 3.8) is 0 Å². The second-order valence-electron chi connectivity index (χ2n) is 3.54. The van der Waals surface area contributed by atoms with Gasteiger partial charge >= 0.3 is 0 Å². The number of rotatable bonds is 6. The quantitative estimate of drug-likeness (QED) is 0.610. The monoisotopic (exact) mass is 158 g/mol. The molecular formula is C9H22N2. The molecule has 0 heterocycles. The summed E-state index contributed by atoms with van der Waals surface area (Å²) in [4.78, 5) is 0. The molecule has 68 valence electrons. The van der Waals surface area contributed by atoms with Crippen LogP contribution in [0.4, 0.5) is 0 Å². The number of nitrogens with one attached hydrogen (secondary N) is 1. The van der Waals surface area contributed by atoms with E-state index in [1.807, 2.05) is 0 Å². The van der Waals surface area contributed by atoms with Gasteiger partial charge in [-0.05, 0) is 37.9 Å². The molecule has 0 saturated heterocycles. The molecule has 1 atom stereocenters. The fraction of sp³-hybridized carbons (Fsp3) is 1.00. The first-order chi connectivity index (χ1) is 5.20. The molecule has 0 amide bonds. The molecular weight excluding hydrogens is 136 g/mol. The molecule has 0 spiro atoms. The Labute approximate surface area is 70.5 Å². The van der Waals surface area contributed by atoms with Gasteiger partial charge in [0, 0.05) is 0 Å².